The van der Waals surface area contributed by atoms with Gasteiger partial charge in [-0.3, -0.25) is 9.69 Å². The van der Waals surface area contributed by atoms with Crippen LogP contribution in [0.4, 0.5) is 5.69 Å². The fraction of sp³-hybridized carbons (Fsp3) is 0.650. The van der Waals surface area contributed by atoms with Gasteiger partial charge >= 0.3 is 0 Å². The summed E-state index contributed by atoms with van der Waals surface area (Å²) >= 11 is 0. The van der Waals surface area contributed by atoms with Crippen LogP contribution in [0.5, 0.6) is 0 Å². The Bertz CT molecular complexity index is 686. The minimum atomic E-state index is 0.0800. The lowest BCUT2D eigenvalue weighted by atomic mass is 9.63. The first-order valence-corrected chi connectivity index (χ1v) is 9.25. The quantitative estimate of drug-likeness (QED) is 0.795. The van der Waals surface area contributed by atoms with Gasteiger partial charge in [-0.15, -0.1) is 0 Å². The van der Waals surface area contributed by atoms with E-state index in [0.29, 0.717) is 17.4 Å². The van der Waals surface area contributed by atoms with E-state index >= 15 is 0 Å². The molecule has 1 spiro atoms. The van der Waals surface area contributed by atoms with Crippen LogP contribution >= 0.6 is 0 Å². The van der Waals surface area contributed by atoms with Crippen LogP contribution in [0, 0.1) is 11.3 Å². The number of rotatable bonds is 1. The molecule has 0 bridgehead atoms. The maximum atomic E-state index is 13.3. The summed E-state index contributed by atoms with van der Waals surface area (Å²) in [4.78, 5) is 17.9. The largest absolute Gasteiger partial charge is 0.315 e. The van der Waals surface area contributed by atoms with Gasteiger partial charge in [0.1, 0.15) is 0 Å². The predicted molar refractivity (Wildman–Crippen MR) is 91.6 cm³/mol. The summed E-state index contributed by atoms with van der Waals surface area (Å²) in [5.41, 5.74) is 3.05. The lowest BCUT2D eigenvalue weighted by Crippen LogP contribution is -2.55. The summed E-state index contributed by atoms with van der Waals surface area (Å²) in [7, 11) is 1.97. The molecule has 1 aliphatic carbocycles. The van der Waals surface area contributed by atoms with E-state index in [2.05, 4.69) is 36.1 Å². The minimum absolute atomic E-state index is 0.0800. The molecular weight excluding hydrogens is 284 g/mol. The van der Waals surface area contributed by atoms with E-state index in [9.17, 15) is 4.79 Å². The molecule has 5 rings (SSSR count). The zero-order chi connectivity index (χ0) is 15.8. The predicted octanol–water partition coefficient (Wildman–Crippen LogP) is 3.19. The molecule has 0 N–H and O–H groups in total. The molecule has 3 fully saturated rings. The van der Waals surface area contributed by atoms with E-state index in [4.69, 9.17) is 0 Å². The molecule has 2 saturated heterocycles. The highest BCUT2D eigenvalue weighted by Crippen LogP contribution is 2.67. The third-order valence-electron chi connectivity index (χ3n) is 7.70. The Morgan fingerprint density at radius 2 is 2.04 bits per heavy atom. The van der Waals surface area contributed by atoms with Crippen molar-refractivity contribution in [2.75, 3.05) is 25.0 Å². The molecule has 4 aliphatic rings. The van der Waals surface area contributed by atoms with Crippen molar-refractivity contribution < 1.29 is 4.79 Å². The van der Waals surface area contributed by atoms with Gasteiger partial charge in [-0.05, 0) is 62.2 Å². The van der Waals surface area contributed by atoms with Gasteiger partial charge in [0.25, 0.3) is 0 Å². The van der Waals surface area contributed by atoms with Crippen molar-refractivity contribution in [1.29, 1.82) is 0 Å². The van der Waals surface area contributed by atoms with Crippen LogP contribution in [0.1, 0.15) is 44.6 Å². The molecule has 0 aromatic heterocycles. The molecule has 23 heavy (non-hydrogen) atoms. The fourth-order valence-corrected chi connectivity index (χ4v) is 6.84. The van der Waals surface area contributed by atoms with E-state index in [1.807, 2.05) is 11.9 Å². The zero-order valence-electron chi connectivity index (χ0n) is 14.2. The maximum absolute atomic E-state index is 13.3. The molecule has 3 heteroatoms. The van der Waals surface area contributed by atoms with Crippen molar-refractivity contribution in [2.24, 2.45) is 11.3 Å². The Hall–Kier alpha value is -1.35. The second-order valence-electron chi connectivity index (χ2n) is 8.22. The summed E-state index contributed by atoms with van der Waals surface area (Å²) < 4.78 is 0. The number of benzene rings is 1. The molecule has 1 amide bonds. The minimum Gasteiger partial charge on any atom is -0.315 e. The van der Waals surface area contributed by atoms with Crippen molar-refractivity contribution in [3.63, 3.8) is 0 Å². The monoisotopic (exact) mass is 310 g/mol. The molecular formula is C20H26N2O. The van der Waals surface area contributed by atoms with Crippen molar-refractivity contribution in [3.8, 4) is 0 Å². The third kappa shape index (κ3) is 1.44. The van der Waals surface area contributed by atoms with Gasteiger partial charge in [0.15, 0.2) is 0 Å². The van der Waals surface area contributed by atoms with Crippen molar-refractivity contribution in [2.45, 2.75) is 50.5 Å². The molecule has 1 aromatic carbocycles. The average molecular weight is 310 g/mol. The number of amides is 1. The Balaban J connectivity index is 1.79. The molecule has 1 saturated carbocycles. The van der Waals surface area contributed by atoms with Crippen LogP contribution in [0.25, 0.3) is 0 Å². The molecule has 4 atom stereocenters. The summed E-state index contributed by atoms with van der Waals surface area (Å²) in [6.45, 7) is 4.76. The van der Waals surface area contributed by atoms with E-state index in [0.717, 1.165) is 12.1 Å². The van der Waals surface area contributed by atoms with Crippen molar-refractivity contribution in [1.82, 2.24) is 4.90 Å². The smallest absolute Gasteiger partial charge is 0.230 e. The lowest BCUT2D eigenvalue weighted by molar-refractivity contribution is -0.124. The van der Waals surface area contributed by atoms with Gasteiger partial charge in [-0.1, -0.05) is 25.1 Å². The van der Waals surface area contributed by atoms with Crippen molar-refractivity contribution >= 4 is 11.6 Å². The standard InChI is InChI=1S/C20H26N2O/c1-3-19-9-6-11-22-12-10-20(18(19)22)14-7-4-5-8-16(14)21(2)17(23)15(20)13-19/h4-5,7-8,15,18H,3,6,9-13H2,1-2H3/t15-,18+,19+,20+/m1/s1. The van der Waals surface area contributed by atoms with E-state index in [1.165, 1.54) is 44.3 Å². The maximum Gasteiger partial charge on any atom is 0.230 e. The number of para-hydroxylation sites is 1. The van der Waals surface area contributed by atoms with Crippen LogP contribution in [0.15, 0.2) is 24.3 Å². The van der Waals surface area contributed by atoms with E-state index in [1.54, 1.807) is 0 Å². The lowest BCUT2D eigenvalue weighted by Gasteiger charge is -2.49. The Morgan fingerprint density at radius 1 is 1.22 bits per heavy atom. The number of hydrogen-bond donors (Lipinski definition) is 0. The number of nitrogens with zero attached hydrogens (tertiary/aromatic N) is 2. The number of piperidine rings is 1. The SMILES string of the molecule is CC[C@]12CCCN3CC[C@@]4(c5ccccc5N(C)C(=O)[C@H]4C1)[C@@H]32. The molecule has 3 nitrogen and oxygen atoms in total. The van der Waals surface area contributed by atoms with Crippen LogP contribution in [0.2, 0.25) is 0 Å². The van der Waals surface area contributed by atoms with Gasteiger partial charge in [-0.25, -0.2) is 0 Å². The van der Waals surface area contributed by atoms with Crippen LogP contribution in [0.3, 0.4) is 0 Å². The second kappa shape index (κ2) is 4.38. The number of carbonyl (C=O) groups is 1. The molecule has 0 unspecified atom stereocenters. The van der Waals surface area contributed by atoms with Crippen LogP contribution in [-0.2, 0) is 10.2 Å². The molecule has 3 aliphatic heterocycles. The third-order valence-corrected chi connectivity index (χ3v) is 7.70. The zero-order valence-corrected chi connectivity index (χ0v) is 14.2. The number of fused-ring (bicyclic) bond motifs is 1. The highest BCUT2D eigenvalue weighted by molar-refractivity contribution is 6.00. The number of hydrogen-bond acceptors (Lipinski definition) is 2. The fourth-order valence-electron chi connectivity index (χ4n) is 6.84. The van der Waals surface area contributed by atoms with Gasteiger partial charge in [0.05, 0.1) is 5.92 Å². The summed E-state index contributed by atoms with van der Waals surface area (Å²) in [5.74, 6) is 0.559. The normalized spacial score (nSPS) is 41.7. The Morgan fingerprint density at radius 3 is 2.87 bits per heavy atom. The summed E-state index contributed by atoms with van der Waals surface area (Å²) in [5, 5.41) is 0. The Kier molecular flexibility index (Phi) is 2.67. The Labute approximate surface area is 138 Å². The van der Waals surface area contributed by atoms with Gasteiger partial charge in [0.2, 0.25) is 5.91 Å². The topological polar surface area (TPSA) is 23.6 Å². The summed E-state index contributed by atoms with van der Waals surface area (Å²) in [6.07, 6.45) is 6.09. The second-order valence-corrected chi connectivity index (χ2v) is 8.22. The van der Waals surface area contributed by atoms with Crippen LogP contribution < -0.4 is 4.90 Å². The number of carbonyl (C=O) groups excluding carboxylic acids is 1. The van der Waals surface area contributed by atoms with Gasteiger partial charge in [-0.2, -0.15) is 0 Å². The average Bonchev–Trinajstić information content (AvgIpc) is 3.13. The number of anilines is 1. The first kappa shape index (κ1) is 14.0. The highest BCUT2D eigenvalue weighted by atomic mass is 16.2. The summed E-state index contributed by atoms with van der Waals surface area (Å²) in [6, 6.07) is 9.30. The van der Waals surface area contributed by atoms with E-state index < -0.39 is 0 Å². The van der Waals surface area contributed by atoms with Crippen LogP contribution in [-0.4, -0.2) is 37.0 Å². The van der Waals surface area contributed by atoms with Gasteiger partial charge in [0, 0.05) is 24.2 Å². The molecule has 0 radical (unpaired) electrons. The van der Waals surface area contributed by atoms with Crippen molar-refractivity contribution in [3.05, 3.63) is 29.8 Å². The highest BCUT2D eigenvalue weighted by Gasteiger charge is 2.70. The molecule has 3 heterocycles. The van der Waals surface area contributed by atoms with E-state index in [-0.39, 0.29) is 11.3 Å². The first-order valence-electron chi connectivity index (χ1n) is 9.25. The molecule has 1 aromatic rings. The first-order chi connectivity index (χ1) is 11.1. The molecule has 122 valence electrons. The van der Waals surface area contributed by atoms with Gasteiger partial charge < -0.3 is 4.90 Å².